The monoisotopic (exact) mass is 560 g/mol. The minimum atomic E-state index is 0.586. The van der Waals surface area contributed by atoms with Crippen LogP contribution >= 0.6 is 0 Å². The second-order valence-electron chi connectivity index (χ2n) is 11.7. The Kier molecular flexibility index (Phi) is 12.8. The third kappa shape index (κ3) is 9.48. The molecule has 0 spiro atoms. The van der Waals surface area contributed by atoms with Crippen molar-refractivity contribution >= 4 is 5.69 Å². The molecule has 41 heavy (non-hydrogen) atoms. The van der Waals surface area contributed by atoms with Crippen LogP contribution in [0.4, 0.5) is 5.69 Å². The van der Waals surface area contributed by atoms with Crippen LogP contribution in [0.5, 0.6) is 5.75 Å². The molecule has 2 aromatic carbocycles. The zero-order valence-corrected chi connectivity index (χ0v) is 25.7. The highest BCUT2D eigenvalue weighted by molar-refractivity contribution is 5.54. The number of ether oxygens (including phenoxy) is 2. The zero-order chi connectivity index (χ0) is 28.9. The van der Waals surface area contributed by atoms with Crippen molar-refractivity contribution in [1.82, 2.24) is 15.1 Å². The normalized spacial score (nSPS) is 16.8. The molecule has 0 bridgehead atoms. The van der Waals surface area contributed by atoms with Crippen molar-refractivity contribution < 1.29 is 9.47 Å². The maximum Gasteiger partial charge on any atom is 0.142 e. The molecule has 1 saturated heterocycles. The standard InChI is InChI=1S/C35H52N4O2/c1-4-10-28(2)39-26-32-13-8-12-30(33(32)27-39)11-6-5-7-18-37-19-9-23-41-24-22-38-20-16-29(17-21-38)31-14-15-34(36)35(25-31)40-3/h8,12-15,25,28-29,37H,4-5,7,9-10,16-24,26-27,36H2,1-3H3. The summed E-state index contributed by atoms with van der Waals surface area (Å²) in [6, 6.07) is 13.5. The summed E-state index contributed by atoms with van der Waals surface area (Å²) in [4.78, 5) is 5.12. The molecule has 2 aliphatic heterocycles. The van der Waals surface area contributed by atoms with Crippen LogP contribution in [0.2, 0.25) is 0 Å². The van der Waals surface area contributed by atoms with E-state index in [9.17, 15) is 0 Å². The molecule has 0 radical (unpaired) electrons. The number of fused-ring (bicyclic) bond motifs is 1. The fourth-order valence-corrected chi connectivity index (χ4v) is 6.13. The smallest absolute Gasteiger partial charge is 0.142 e. The molecule has 224 valence electrons. The van der Waals surface area contributed by atoms with Crippen LogP contribution in [-0.4, -0.2) is 68.9 Å². The lowest BCUT2D eigenvalue weighted by Gasteiger charge is -2.32. The minimum Gasteiger partial charge on any atom is -0.495 e. The minimum absolute atomic E-state index is 0.586. The van der Waals surface area contributed by atoms with Crippen molar-refractivity contribution in [3.63, 3.8) is 0 Å². The van der Waals surface area contributed by atoms with E-state index in [0.717, 1.165) is 84.0 Å². The third-order valence-electron chi connectivity index (χ3n) is 8.73. The topological polar surface area (TPSA) is 63.0 Å². The SMILES string of the molecule is CCCC(C)N1Cc2cccc(C#CCCCNCCCOCCN3CCC(c4ccc(N)c(OC)c4)CC3)c2C1. The van der Waals surface area contributed by atoms with Crippen molar-refractivity contribution in [3.8, 4) is 17.6 Å². The lowest BCUT2D eigenvalue weighted by molar-refractivity contribution is 0.0923. The van der Waals surface area contributed by atoms with Crippen LogP contribution in [0, 0.1) is 11.8 Å². The summed E-state index contributed by atoms with van der Waals surface area (Å²) in [5.41, 5.74) is 12.2. The van der Waals surface area contributed by atoms with Crippen LogP contribution in [0.1, 0.15) is 87.0 Å². The van der Waals surface area contributed by atoms with E-state index >= 15 is 0 Å². The molecule has 6 heteroatoms. The highest BCUT2D eigenvalue weighted by Gasteiger charge is 2.24. The molecule has 3 N–H and O–H groups in total. The van der Waals surface area contributed by atoms with Crippen LogP contribution in [0.25, 0.3) is 0 Å². The Morgan fingerprint density at radius 2 is 1.90 bits per heavy atom. The second-order valence-corrected chi connectivity index (χ2v) is 11.7. The van der Waals surface area contributed by atoms with Crippen LogP contribution in [0.15, 0.2) is 36.4 Å². The van der Waals surface area contributed by atoms with Gasteiger partial charge in [-0.1, -0.05) is 43.4 Å². The summed E-state index contributed by atoms with van der Waals surface area (Å²) in [7, 11) is 1.68. The Balaban J connectivity index is 1.00. The first kappa shape index (κ1) is 31.4. The Hall–Kier alpha value is -2.56. The Morgan fingerprint density at radius 3 is 2.71 bits per heavy atom. The molecule has 2 aliphatic rings. The van der Waals surface area contributed by atoms with E-state index in [-0.39, 0.29) is 0 Å². The van der Waals surface area contributed by atoms with Gasteiger partial charge in [-0.2, -0.15) is 0 Å². The van der Waals surface area contributed by atoms with Gasteiger partial charge in [0.2, 0.25) is 0 Å². The van der Waals surface area contributed by atoms with Crippen molar-refractivity contribution in [3.05, 3.63) is 58.7 Å². The average molecular weight is 561 g/mol. The third-order valence-corrected chi connectivity index (χ3v) is 8.73. The number of likely N-dealkylation sites (tertiary alicyclic amines) is 1. The average Bonchev–Trinajstić information content (AvgIpc) is 3.44. The number of rotatable bonds is 15. The van der Waals surface area contributed by atoms with Gasteiger partial charge in [0, 0.05) is 44.3 Å². The number of hydrogen-bond acceptors (Lipinski definition) is 6. The maximum atomic E-state index is 5.97. The molecule has 6 nitrogen and oxygen atoms in total. The number of nitrogen functional groups attached to an aromatic ring is 1. The molecule has 2 heterocycles. The second kappa shape index (κ2) is 16.8. The van der Waals surface area contributed by atoms with E-state index in [0.29, 0.717) is 17.6 Å². The van der Waals surface area contributed by atoms with Crippen LogP contribution in [0.3, 0.4) is 0 Å². The molecule has 0 saturated carbocycles. The number of unbranched alkanes of at least 4 members (excludes halogenated alkanes) is 1. The molecular weight excluding hydrogens is 508 g/mol. The molecule has 1 fully saturated rings. The lowest BCUT2D eigenvalue weighted by Crippen LogP contribution is -2.35. The molecule has 0 aliphatic carbocycles. The summed E-state index contributed by atoms with van der Waals surface area (Å²) in [5.74, 6) is 8.26. The summed E-state index contributed by atoms with van der Waals surface area (Å²) < 4.78 is 11.3. The van der Waals surface area contributed by atoms with Gasteiger partial charge in [0.05, 0.1) is 19.4 Å². The van der Waals surface area contributed by atoms with Gasteiger partial charge in [0.1, 0.15) is 5.75 Å². The van der Waals surface area contributed by atoms with Gasteiger partial charge < -0.3 is 25.4 Å². The van der Waals surface area contributed by atoms with Gasteiger partial charge in [-0.3, -0.25) is 4.90 Å². The summed E-state index contributed by atoms with van der Waals surface area (Å²) in [6.07, 6.45) is 7.92. The van der Waals surface area contributed by atoms with E-state index in [4.69, 9.17) is 15.2 Å². The largest absolute Gasteiger partial charge is 0.495 e. The first-order chi connectivity index (χ1) is 20.1. The highest BCUT2D eigenvalue weighted by atomic mass is 16.5. The van der Waals surface area contributed by atoms with Crippen molar-refractivity contribution in [2.75, 3.05) is 58.8 Å². The lowest BCUT2D eigenvalue weighted by atomic mass is 9.89. The number of benzene rings is 2. The number of hydrogen-bond donors (Lipinski definition) is 2. The first-order valence-corrected chi connectivity index (χ1v) is 15.9. The van der Waals surface area contributed by atoms with Gasteiger partial charge in [0.25, 0.3) is 0 Å². The fourth-order valence-electron chi connectivity index (χ4n) is 6.13. The molecular formula is C35H52N4O2. The van der Waals surface area contributed by atoms with Gasteiger partial charge >= 0.3 is 0 Å². The molecule has 0 aromatic heterocycles. The van der Waals surface area contributed by atoms with E-state index in [1.54, 1.807) is 7.11 Å². The van der Waals surface area contributed by atoms with E-state index in [2.05, 4.69) is 71.1 Å². The number of piperidine rings is 1. The number of nitrogens with one attached hydrogen (secondary N) is 1. The van der Waals surface area contributed by atoms with Crippen LogP contribution in [-0.2, 0) is 17.8 Å². The van der Waals surface area contributed by atoms with Gasteiger partial charge in [-0.25, -0.2) is 0 Å². The predicted octanol–water partition coefficient (Wildman–Crippen LogP) is 5.79. The van der Waals surface area contributed by atoms with Gasteiger partial charge in [-0.05, 0) is 106 Å². The maximum absolute atomic E-state index is 5.97. The van der Waals surface area contributed by atoms with E-state index in [1.807, 2.05) is 6.07 Å². The van der Waals surface area contributed by atoms with Crippen molar-refractivity contribution in [2.24, 2.45) is 0 Å². The van der Waals surface area contributed by atoms with Crippen LogP contribution < -0.4 is 15.8 Å². The quantitative estimate of drug-likeness (QED) is 0.163. The number of anilines is 1. The Morgan fingerprint density at radius 1 is 1.07 bits per heavy atom. The predicted molar refractivity (Wildman–Crippen MR) is 170 cm³/mol. The summed E-state index contributed by atoms with van der Waals surface area (Å²) in [6.45, 7) is 13.6. The van der Waals surface area contributed by atoms with Crippen molar-refractivity contribution in [1.29, 1.82) is 0 Å². The molecule has 4 rings (SSSR count). The number of methoxy groups -OCH3 is 1. The fraction of sp³-hybridized carbons (Fsp3) is 0.600. The van der Waals surface area contributed by atoms with E-state index < -0.39 is 0 Å². The molecule has 2 aromatic rings. The van der Waals surface area contributed by atoms with E-state index in [1.165, 1.54) is 47.9 Å². The highest BCUT2D eigenvalue weighted by Crippen LogP contribution is 2.32. The molecule has 0 amide bonds. The summed E-state index contributed by atoms with van der Waals surface area (Å²) in [5, 5.41) is 3.55. The van der Waals surface area contributed by atoms with Crippen molar-refractivity contribution in [2.45, 2.75) is 83.8 Å². The number of nitrogens with two attached hydrogens (primary N) is 1. The Bertz CT molecular complexity index is 1130. The van der Waals surface area contributed by atoms with Gasteiger partial charge in [0.15, 0.2) is 0 Å². The first-order valence-electron chi connectivity index (χ1n) is 15.9. The molecule has 1 atom stereocenters. The zero-order valence-electron chi connectivity index (χ0n) is 25.7. The van der Waals surface area contributed by atoms with Gasteiger partial charge in [-0.15, -0.1) is 0 Å². The Labute approximate surface area is 249 Å². The number of nitrogens with zero attached hydrogens (tertiary/aromatic N) is 2. The molecule has 1 unspecified atom stereocenters. The summed E-state index contributed by atoms with van der Waals surface area (Å²) >= 11 is 0.